The van der Waals surface area contributed by atoms with Gasteiger partial charge in [-0.15, -0.1) is 11.8 Å². The maximum atomic E-state index is 12.6. The summed E-state index contributed by atoms with van der Waals surface area (Å²) in [5.41, 5.74) is 1.81. The lowest BCUT2D eigenvalue weighted by Gasteiger charge is -2.17. The van der Waals surface area contributed by atoms with Crippen molar-refractivity contribution in [2.45, 2.75) is 43.9 Å². The number of para-hydroxylation sites is 1. The minimum Gasteiger partial charge on any atom is -0.491 e. The first-order valence-corrected chi connectivity index (χ1v) is 9.10. The van der Waals surface area contributed by atoms with E-state index in [0.717, 1.165) is 21.8 Å². The molecule has 0 heterocycles. The monoisotopic (exact) mass is 343 g/mol. The van der Waals surface area contributed by atoms with Gasteiger partial charge in [0.1, 0.15) is 12.4 Å². The van der Waals surface area contributed by atoms with E-state index in [9.17, 15) is 4.79 Å². The van der Waals surface area contributed by atoms with Gasteiger partial charge < -0.3 is 10.1 Å². The Hall–Kier alpha value is -1.94. The summed E-state index contributed by atoms with van der Waals surface area (Å²) < 4.78 is 5.81. The molecule has 0 aliphatic heterocycles. The van der Waals surface area contributed by atoms with Gasteiger partial charge in [0, 0.05) is 10.1 Å². The van der Waals surface area contributed by atoms with Crippen LogP contribution in [0, 0.1) is 6.92 Å². The van der Waals surface area contributed by atoms with Crippen LogP contribution in [0.25, 0.3) is 0 Å². The zero-order chi connectivity index (χ0) is 17.5. The van der Waals surface area contributed by atoms with Crippen LogP contribution < -0.4 is 10.1 Å². The van der Waals surface area contributed by atoms with Gasteiger partial charge >= 0.3 is 0 Å². The van der Waals surface area contributed by atoms with Crippen molar-refractivity contribution in [3.63, 3.8) is 0 Å². The number of benzene rings is 2. The first-order chi connectivity index (χ1) is 11.5. The van der Waals surface area contributed by atoms with E-state index in [1.54, 1.807) is 11.8 Å². The van der Waals surface area contributed by atoms with Gasteiger partial charge in [-0.3, -0.25) is 4.79 Å². The van der Waals surface area contributed by atoms with Gasteiger partial charge in [0.05, 0.1) is 11.6 Å². The number of carbonyl (C=O) groups is 1. The molecule has 0 bridgehead atoms. The lowest BCUT2D eigenvalue weighted by Crippen LogP contribution is -2.37. The summed E-state index contributed by atoms with van der Waals surface area (Å²) in [6, 6.07) is 15.5. The number of amides is 1. The Labute approximate surface area is 148 Å². The zero-order valence-electron chi connectivity index (χ0n) is 14.7. The predicted octanol–water partition coefficient (Wildman–Crippen LogP) is 4.69. The standard InChI is InChI=1S/C20H25NO2S/c1-14(2)24-19-12-8-6-10-17(19)20(22)21-16(4)13-23-18-11-7-5-9-15(18)3/h5-12,14,16H,13H2,1-4H3,(H,21,22). The fourth-order valence-electron chi connectivity index (χ4n) is 2.29. The molecule has 24 heavy (non-hydrogen) atoms. The van der Waals surface area contributed by atoms with E-state index in [0.29, 0.717) is 11.9 Å². The quantitative estimate of drug-likeness (QED) is 0.741. The largest absolute Gasteiger partial charge is 0.491 e. The summed E-state index contributed by atoms with van der Waals surface area (Å²) in [6.45, 7) is 8.65. The Kier molecular flexibility index (Phi) is 6.73. The Balaban J connectivity index is 1.96. The predicted molar refractivity (Wildman–Crippen MR) is 101 cm³/mol. The van der Waals surface area contributed by atoms with Crippen LogP contribution in [-0.2, 0) is 0 Å². The van der Waals surface area contributed by atoms with Crippen LogP contribution in [0.15, 0.2) is 53.4 Å². The third-order valence-electron chi connectivity index (χ3n) is 3.45. The molecule has 2 aromatic carbocycles. The number of aryl methyl sites for hydroxylation is 1. The van der Waals surface area contributed by atoms with E-state index in [-0.39, 0.29) is 11.9 Å². The summed E-state index contributed by atoms with van der Waals surface area (Å²) >= 11 is 1.70. The van der Waals surface area contributed by atoms with Crippen LogP contribution >= 0.6 is 11.8 Å². The number of carbonyl (C=O) groups excluding carboxylic acids is 1. The molecular formula is C20H25NO2S. The molecule has 0 spiro atoms. The summed E-state index contributed by atoms with van der Waals surface area (Å²) in [5.74, 6) is 0.800. The van der Waals surface area contributed by atoms with E-state index in [2.05, 4.69) is 19.2 Å². The second-order valence-corrected chi connectivity index (χ2v) is 7.73. The molecule has 1 amide bonds. The van der Waals surface area contributed by atoms with Crippen molar-refractivity contribution in [3.05, 3.63) is 59.7 Å². The molecule has 1 unspecified atom stereocenters. The molecule has 0 aliphatic carbocycles. The maximum absolute atomic E-state index is 12.6. The smallest absolute Gasteiger partial charge is 0.252 e. The fourth-order valence-corrected chi connectivity index (χ4v) is 3.24. The van der Waals surface area contributed by atoms with Crippen LogP contribution in [0.1, 0.15) is 36.7 Å². The van der Waals surface area contributed by atoms with E-state index < -0.39 is 0 Å². The lowest BCUT2D eigenvalue weighted by atomic mass is 10.2. The van der Waals surface area contributed by atoms with Crippen LogP contribution in [0.3, 0.4) is 0 Å². The highest BCUT2D eigenvalue weighted by atomic mass is 32.2. The average molecular weight is 343 g/mol. The highest BCUT2D eigenvalue weighted by molar-refractivity contribution is 8.00. The van der Waals surface area contributed by atoms with Gasteiger partial charge in [-0.2, -0.15) is 0 Å². The van der Waals surface area contributed by atoms with Crippen LogP contribution in [-0.4, -0.2) is 23.8 Å². The molecule has 2 aromatic rings. The third kappa shape index (κ3) is 5.31. The first kappa shape index (κ1) is 18.4. The number of ether oxygens (including phenoxy) is 1. The Morgan fingerprint density at radius 3 is 2.46 bits per heavy atom. The van der Waals surface area contributed by atoms with Crippen molar-refractivity contribution in [1.29, 1.82) is 0 Å². The molecule has 0 saturated carbocycles. The number of nitrogens with one attached hydrogen (secondary N) is 1. The summed E-state index contributed by atoms with van der Waals surface area (Å²) in [5, 5.41) is 3.45. The minimum atomic E-state index is -0.0748. The van der Waals surface area contributed by atoms with Crippen molar-refractivity contribution in [1.82, 2.24) is 5.32 Å². The molecule has 2 rings (SSSR count). The molecule has 3 nitrogen and oxygen atoms in total. The fraction of sp³-hybridized carbons (Fsp3) is 0.350. The molecule has 0 fully saturated rings. The van der Waals surface area contributed by atoms with Gasteiger partial charge in [0.2, 0.25) is 0 Å². The van der Waals surface area contributed by atoms with Gasteiger partial charge in [0.25, 0.3) is 5.91 Å². The van der Waals surface area contributed by atoms with Crippen LogP contribution in [0.4, 0.5) is 0 Å². The molecule has 1 atom stereocenters. The van der Waals surface area contributed by atoms with E-state index in [1.807, 2.05) is 62.4 Å². The normalized spacial score (nSPS) is 12.0. The number of hydrogen-bond acceptors (Lipinski definition) is 3. The van der Waals surface area contributed by atoms with Gasteiger partial charge in [0.15, 0.2) is 0 Å². The third-order valence-corrected chi connectivity index (χ3v) is 4.54. The average Bonchev–Trinajstić information content (AvgIpc) is 2.54. The maximum Gasteiger partial charge on any atom is 0.252 e. The molecule has 1 N–H and O–H groups in total. The second kappa shape index (κ2) is 8.78. The van der Waals surface area contributed by atoms with Crippen molar-refractivity contribution < 1.29 is 9.53 Å². The van der Waals surface area contributed by atoms with Crippen molar-refractivity contribution in [2.24, 2.45) is 0 Å². The second-order valence-electron chi connectivity index (χ2n) is 6.11. The highest BCUT2D eigenvalue weighted by Gasteiger charge is 2.15. The van der Waals surface area contributed by atoms with E-state index in [4.69, 9.17) is 4.74 Å². The van der Waals surface area contributed by atoms with Crippen LogP contribution in [0.2, 0.25) is 0 Å². The lowest BCUT2D eigenvalue weighted by molar-refractivity contribution is 0.0923. The van der Waals surface area contributed by atoms with Gasteiger partial charge in [-0.25, -0.2) is 0 Å². The number of hydrogen-bond donors (Lipinski definition) is 1. The number of rotatable bonds is 7. The Morgan fingerprint density at radius 1 is 1.08 bits per heavy atom. The van der Waals surface area contributed by atoms with E-state index in [1.165, 1.54) is 0 Å². The molecule has 0 radical (unpaired) electrons. The molecule has 0 saturated heterocycles. The van der Waals surface area contributed by atoms with Gasteiger partial charge in [-0.1, -0.05) is 44.2 Å². The van der Waals surface area contributed by atoms with E-state index >= 15 is 0 Å². The molecular weight excluding hydrogens is 318 g/mol. The van der Waals surface area contributed by atoms with Crippen molar-refractivity contribution in [2.75, 3.05) is 6.61 Å². The highest BCUT2D eigenvalue weighted by Crippen LogP contribution is 2.26. The Morgan fingerprint density at radius 2 is 1.75 bits per heavy atom. The topological polar surface area (TPSA) is 38.3 Å². The molecule has 128 valence electrons. The summed E-state index contributed by atoms with van der Waals surface area (Å²) in [4.78, 5) is 13.6. The Bertz CT molecular complexity index is 685. The molecule has 0 aromatic heterocycles. The van der Waals surface area contributed by atoms with Crippen molar-refractivity contribution in [3.8, 4) is 5.75 Å². The van der Waals surface area contributed by atoms with Crippen LogP contribution in [0.5, 0.6) is 5.75 Å². The van der Waals surface area contributed by atoms with Gasteiger partial charge in [-0.05, 0) is 37.6 Å². The summed E-state index contributed by atoms with van der Waals surface area (Å²) in [6.07, 6.45) is 0. The molecule has 4 heteroatoms. The SMILES string of the molecule is Cc1ccccc1OCC(C)NC(=O)c1ccccc1SC(C)C. The first-order valence-electron chi connectivity index (χ1n) is 8.22. The zero-order valence-corrected chi connectivity index (χ0v) is 15.5. The molecule has 0 aliphatic rings. The number of thioether (sulfide) groups is 1. The minimum absolute atomic E-state index is 0.0559. The summed E-state index contributed by atoms with van der Waals surface area (Å²) in [7, 11) is 0. The van der Waals surface area contributed by atoms with Crippen molar-refractivity contribution >= 4 is 17.7 Å².